The second-order valence-electron chi connectivity index (χ2n) is 4.04. The molecule has 6 nitrogen and oxygen atoms in total. The van der Waals surface area contributed by atoms with Gasteiger partial charge in [0.2, 0.25) is 0 Å². The number of nitrogens with zero attached hydrogens (tertiary/aromatic N) is 2. The minimum atomic E-state index is -3.20. The molecule has 0 unspecified atom stereocenters. The standard InChI is InChI=1S/C10H15IN2O4S/c1-3-4-12-7-8(11)9(14)13(10(12)15)5-6-18(2,16)17/h7H,3-6H2,1-2H3. The molecule has 0 amide bonds. The molecular formula is C10H15IN2O4S. The lowest BCUT2D eigenvalue weighted by atomic mass is 10.4. The van der Waals surface area contributed by atoms with Crippen LogP contribution in [0.1, 0.15) is 13.3 Å². The minimum Gasteiger partial charge on any atom is -0.299 e. The summed E-state index contributed by atoms with van der Waals surface area (Å²) in [6.45, 7) is 2.33. The van der Waals surface area contributed by atoms with Crippen molar-refractivity contribution in [1.82, 2.24) is 9.13 Å². The predicted molar refractivity (Wildman–Crippen MR) is 77.7 cm³/mol. The number of hydrogen-bond donors (Lipinski definition) is 0. The normalized spacial score (nSPS) is 11.7. The Morgan fingerprint density at radius 1 is 1.28 bits per heavy atom. The summed E-state index contributed by atoms with van der Waals surface area (Å²) < 4.78 is 25.0. The van der Waals surface area contributed by atoms with Crippen molar-refractivity contribution in [3.8, 4) is 0 Å². The van der Waals surface area contributed by atoms with Crippen molar-refractivity contribution in [3.63, 3.8) is 0 Å². The maximum Gasteiger partial charge on any atom is 0.331 e. The molecular weight excluding hydrogens is 371 g/mol. The average Bonchev–Trinajstić information content (AvgIpc) is 2.24. The van der Waals surface area contributed by atoms with Crippen molar-refractivity contribution in [3.05, 3.63) is 30.6 Å². The van der Waals surface area contributed by atoms with Gasteiger partial charge in [-0.25, -0.2) is 13.2 Å². The third-order valence-electron chi connectivity index (χ3n) is 2.35. The summed E-state index contributed by atoms with van der Waals surface area (Å²) in [5.74, 6) is -0.214. The first kappa shape index (κ1) is 15.4. The van der Waals surface area contributed by atoms with Crippen LogP contribution in [-0.2, 0) is 22.9 Å². The van der Waals surface area contributed by atoms with Gasteiger partial charge in [-0.3, -0.25) is 13.9 Å². The molecule has 0 bridgehead atoms. The molecule has 102 valence electrons. The highest BCUT2D eigenvalue weighted by atomic mass is 127. The second-order valence-corrected chi connectivity index (χ2v) is 7.46. The van der Waals surface area contributed by atoms with E-state index in [1.807, 2.05) is 29.5 Å². The van der Waals surface area contributed by atoms with Gasteiger partial charge in [-0.1, -0.05) is 6.92 Å². The molecule has 1 heterocycles. The molecule has 18 heavy (non-hydrogen) atoms. The fourth-order valence-corrected chi connectivity index (χ4v) is 2.62. The largest absolute Gasteiger partial charge is 0.331 e. The topological polar surface area (TPSA) is 78.1 Å². The van der Waals surface area contributed by atoms with Crippen LogP contribution in [0.4, 0.5) is 0 Å². The van der Waals surface area contributed by atoms with Crippen LogP contribution in [0, 0.1) is 3.57 Å². The molecule has 0 saturated heterocycles. The number of aryl methyl sites for hydroxylation is 1. The molecule has 1 aromatic heterocycles. The molecule has 8 heteroatoms. The SMILES string of the molecule is CCCn1cc(I)c(=O)n(CCS(C)(=O)=O)c1=O. The van der Waals surface area contributed by atoms with Crippen molar-refractivity contribution >= 4 is 32.4 Å². The quantitative estimate of drug-likeness (QED) is 0.671. The van der Waals surface area contributed by atoms with Gasteiger partial charge in [0.25, 0.3) is 5.56 Å². The molecule has 1 rings (SSSR count). The Balaban J connectivity index is 3.25. The predicted octanol–water partition coefficient (Wildman–Crippen LogP) is 0.0692. The van der Waals surface area contributed by atoms with E-state index in [2.05, 4.69) is 0 Å². The number of sulfone groups is 1. The number of rotatable bonds is 5. The zero-order chi connectivity index (χ0) is 13.9. The van der Waals surface area contributed by atoms with Crippen LogP contribution in [0.25, 0.3) is 0 Å². The second kappa shape index (κ2) is 6.00. The molecule has 0 saturated carbocycles. The van der Waals surface area contributed by atoms with Crippen molar-refractivity contribution in [2.75, 3.05) is 12.0 Å². The van der Waals surface area contributed by atoms with Crippen molar-refractivity contribution in [2.45, 2.75) is 26.4 Å². The number of halogens is 1. The lowest BCUT2D eigenvalue weighted by Crippen LogP contribution is -2.42. The van der Waals surface area contributed by atoms with Crippen LogP contribution >= 0.6 is 22.6 Å². The zero-order valence-corrected chi connectivity index (χ0v) is 13.2. The lowest BCUT2D eigenvalue weighted by molar-refractivity contribution is 0.550. The van der Waals surface area contributed by atoms with E-state index in [0.29, 0.717) is 10.1 Å². The summed E-state index contributed by atoms with van der Waals surface area (Å²) in [5.41, 5.74) is -0.887. The van der Waals surface area contributed by atoms with E-state index in [4.69, 9.17) is 0 Å². The highest BCUT2D eigenvalue weighted by molar-refractivity contribution is 14.1. The fourth-order valence-electron chi connectivity index (χ4n) is 1.47. The van der Waals surface area contributed by atoms with E-state index in [9.17, 15) is 18.0 Å². The van der Waals surface area contributed by atoms with Crippen LogP contribution < -0.4 is 11.2 Å². The highest BCUT2D eigenvalue weighted by Gasteiger charge is 2.11. The third-order valence-corrected chi connectivity index (χ3v) is 4.01. The van der Waals surface area contributed by atoms with Crippen molar-refractivity contribution in [2.24, 2.45) is 0 Å². The summed E-state index contributed by atoms with van der Waals surface area (Å²) in [5, 5.41) is 0. The van der Waals surface area contributed by atoms with E-state index < -0.39 is 21.1 Å². The van der Waals surface area contributed by atoms with Crippen LogP contribution in [0.2, 0.25) is 0 Å². The molecule has 0 aliphatic rings. The smallest absolute Gasteiger partial charge is 0.299 e. The van der Waals surface area contributed by atoms with Crippen molar-refractivity contribution < 1.29 is 8.42 Å². The summed E-state index contributed by atoms with van der Waals surface area (Å²) in [6.07, 6.45) is 3.35. The maximum absolute atomic E-state index is 12.0. The van der Waals surface area contributed by atoms with Crippen LogP contribution in [0.15, 0.2) is 15.8 Å². The minimum absolute atomic E-state index is 0.100. The number of hydrogen-bond acceptors (Lipinski definition) is 4. The molecule has 0 atom stereocenters. The Morgan fingerprint density at radius 3 is 2.39 bits per heavy atom. The van der Waals surface area contributed by atoms with E-state index in [1.165, 1.54) is 10.8 Å². The molecule has 0 aliphatic carbocycles. The Morgan fingerprint density at radius 2 is 1.89 bits per heavy atom. The van der Waals surface area contributed by atoms with E-state index in [-0.39, 0.29) is 12.3 Å². The summed E-state index contributed by atoms with van der Waals surface area (Å²) in [4.78, 5) is 23.8. The monoisotopic (exact) mass is 386 g/mol. The zero-order valence-electron chi connectivity index (χ0n) is 10.2. The molecule has 0 aromatic carbocycles. The van der Waals surface area contributed by atoms with Gasteiger partial charge in [0, 0.05) is 25.5 Å². The van der Waals surface area contributed by atoms with E-state index >= 15 is 0 Å². The molecule has 0 N–H and O–H groups in total. The first-order valence-corrected chi connectivity index (χ1v) is 8.57. The van der Waals surface area contributed by atoms with Crippen LogP contribution in [-0.4, -0.2) is 29.6 Å². The molecule has 0 fully saturated rings. The maximum atomic E-state index is 12.0. The Labute approximate surface area is 119 Å². The van der Waals surface area contributed by atoms with Gasteiger partial charge in [0.15, 0.2) is 0 Å². The van der Waals surface area contributed by atoms with Crippen molar-refractivity contribution in [1.29, 1.82) is 0 Å². The Hall–Kier alpha value is -0.640. The first-order valence-electron chi connectivity index (χ1n) is 5.43. The van der Waals surface area contributed by atoms with Gasteiger partial charge in [-0.05, 0) is 29.0 Å². The number of aromatic nitrogens is 2. The van der Waals surface area contributed by atoms with Crippen LogP contribution in [0.5, 0.6) is 0 Å². The molecule has 0 aliphatic heterocycles. The van der Waals surface area contributed by atoms with Crippen LogP contribution in [0.3, 0.4) is 0 Å². The van der Waals surface area contributed by atoms with Gasteiger partial charge in [-0.15, -0.1) is 0 Å². The van der Waals surface area contributed by atoms with Gasteiger partial charge in [0.05, 0.1) is 9.32 Å². The third kappa shape index (κ3) is 3.94. The summed E-state index contributed by atoms with van der Waals surface area (Å²) >= 11 is 1.85. The van der Waals surface area contributed by atoms with E-state index in [1.54, 1.807) is 0 Å². The molecule has 1 aromatic rings. The Bertz CT molecular complexity index is 645. The fraction of sp³-hybridized carbons (Fsp3) is 0.600. The van der Waals surface area contributed by atoms with Gasteiger partial charge >= 0.3 is 5.69 Å². The van der Waals surface area contributed by atoms with Gasteiger partial charge in [-0.2, -0.15) is 0 Å². The highest BCUT2D eigenvalue weighted by Crippen LogP contribution is 1.96. The molecule has 0 radical (unpaired) electrons. The average molecular weight is 386 g/mol. The molecule has 0 spiro atoms. The lowest BCUT2D eigenvalue weighted by Gasteiger charge is -2.09. The van der Waals surface area contributed by atoms with E-state index in [0.717, 1.165) is 17.2 Å². The van der Waals surface area contributed by atoms with Gasteiger partial charge < -0.3 is 0 Å². The summed E-state index contributed by atoms with van der Waals surface area (Å²) in [6, 6.07) is 0. The van der Waals surface area contributed by atoms with Gasteiger partial charge in [0.1, 0.15) is 9.84 Å². The first-order chi connectivity index (χ1) is 8.26. The summed E-state index contributed by atoms with van der Waals surface area (Å²) in [7, 11) is -3.20. The Kier molecular flexibility index (Phi) is 5.14.